The first-order valence-corrected chi connectivity index (χ1v) is 6.79. The van der Waals surface area contributed by atoms with Crippen LogP contribution in [0.3, 0.4) is 0 Å². The number of methoxy groups -OCH3 is 1. The van der Waals surface area contributed by atoms with Gasteiger partial charge in [-0.1, -0.05) is 13.8 Å². The summed E-state index contributed by atoms with van der Waals surface area (Å²) < 4.78 is 5.26. The van der Waals surface area contributed by atoms with Crippen molar-refractivity contribution in [1.29, 1.82) is 0 Å². The molecule has 0 amide bonds. The first-order chi connectivity index (χ1) is 9.10. The van der Waals surface area contributed by atoms with E-state index in [-0.39, 0.29) is 0 Å². The second-order valence-corrected chi connectivity index (χ2v) is 5.42. The van der Waals surface area contributed by atoms with Gasteiger partial charge >= 0.3 is 0 Å². The molecule has 0 bridgehead atoms. The maximum Gasteiger partial charge on any atom is 0.134 e. The summed E-state index contributed by atoms with van der Waals surface area (Å²) in [6, 6.07) is 8.50. The highest BCUT2D eigenvalue weighted by Crippen LogP contribution is 2.26. The van der Waals surface area contributed by atoms with Gasteiger partial charge < -0.3 is 10.1 Å². The van der Waals surface area contributed by atoms with Crippen LogP contribution in [0.15, 0.2) is 30.5 Å². The molecule has 1 aromatic carbocycles. The van der Waals surface area contributed by atoms with Gasteiger partial charge in [-0.3, -0.25) is 0 Å². The minimum Gasteiger partial charge on any atom is -0.497 e. The summed E-state index contributed by atoms with van der Waals surface area (Å²) in [5.41, 5.74) is 0. The van der Waals surface area contributed by atoms with E-state index in [1.165, 1.54) is 0 Å². The Balaban J connectivity index is 2.28. The Morgan fingerprint density at radius 1 is 1.21 bits per heavy atom. The number of ether oxygens (including phenoxy) is 1. The largest absolute Gasteiger partial charge is 0.497 e. The zero-order valence-electron chi connectivity index (χ0n) is 12.1. The van der Waals surface area contributed by atoms with Crippen LogP contribution in [-0.4, -0.2) is 18.1 Å². The molecule has 0 aliphatic heterocycles. The molecule has 102 valence electrons. The summed E-state index contributed by atoms with van der Waals surface area (Å²) >= 11 is 0. The van der Waals surface area contributed by atoms with E-state index in [1.54, 1.807) is 7.11 Å². The Hall–Kier alpha value is -1.77. The molecule has 0 saturated carbocycles. The Labute approximate surface area is 115 Å². The number of hydrogen-bond acceptors (Lipinski definition) is 3. The highest BCUT2D eigenvalue weighted by atomic mass is 16.5. The molecule has 1 heterocycles. The van der Waals surface area contributed by atoms with Crippen LogP contribution in [0, 0.1) is 5.92 Å². The Bertz CT molecular complexity index is 551. The van der Waals surface area contributed by atoms with Crippen molar-refractivity contribution in [3.05, 3.63) is 30.5 Å². The Morgan fingerprint density at radius 3 is 2.68 bits per heavy atom. The molecule has 1 atom stereocenters. The maximum absolute atomic E-state index is 5.26. The van der Waals surface area contributed by atoms with Crippen molar-refractivity contribution < 1.29 is 4.74 Å². The summed E-state index contributed by atoms with van der Waals surface area (Å²) in [7, 11) is 1.69. The van der Waals surface area contributed by atoms with Crippen LogP contribution < -0.4 is 10.1 Å². The molecular weight excluding hydrogens is 236 g/mol. The lowest BCUT2D eigenvalue weighted by Crippen LogP contribution is -2.18. The van der Waals surface area contributed by atoms with Crippen molar-refractivity contribution >= 4 is 16.6 Å². The molecule has 0 radical (unpaired) electrons. The van der Waals surface area contributed by atoms with Crippen LogP contribution in [0.25, 0.3) is 10.8 Å². The summed E-state index contributed by atoms with van der Waals surface area (Å²) in [5.74, 6) is 2.51. The first-order valence-electron chi connectivity index (χ1n) is 6.79. The average Bonchev–Trinajstić information content (AvgIpc) is 2.37. The van der Waals surface area contributed by atoms with Gasteiger partial charge in [0.25, 0.3) is 0 Å². The quantitative estimate of drug-likeness (QED) is 0.877. The van der Waals surface area contributed by atoms with Crippen LogP contribution in [0.5, 0.6) is 5.75 Å². The smallest absolute Gasteiger partial charge is 0.134 e. The number of fused-ring (bicyclic) bond motifs is 1. The molecule has 3 heteroatoms. The Morgan fingerprint density at radius 2 is 2.00 bits per heavy atom. The summed E-state index contributed by atoms with van der Waals surface area (Å²) in [5, 5.41) is 5.79. The zero-order chi connectivity index (χ0) is 13.8. The molecule has 0 spiro atoms. The van der Waals surface area contributed by atoms with E-state index >= 15 is 0 Å². The third kappa shape index (κ3) is 3.37. The molecule has 0 aliphatic rings. The summed E-state index contributed by atoms with van der Waals surface area (Å²) in [6.07, 6.45) is 2.97. The van der Waals surface area contributed by atoms with Crippen LogP contribution in [-0.2, 0) is 0 Å². The van der Waals surface area contributed by atoms with Crippen LogP contribution in [0.4, 0.5) is 5.82 Å². The zero-order valence-corrected chi connectivity index (χ0v) is 12.1. The SMILES string of the molecule is COc1ccc2c(NC(C)CC(C)C)nccc2c1. The van der Waals surface area contributed by atoms with Gasteiger partial charge in [0.1, 0.15) is 11.6 Å². The van der Waals surface area contributed by atoms with Gasteiger partial charge in [0.2, 0.25) is 0 Å². The number of hydrogen-bond donors (Lipinski definition) is 1. The van der Waals surface area contributed by atoms with E-state index < -0.39 is 0 Å². The number of anilines is 1. The third-order valence-corrected chi connectivity index (χ3v) is 3.18. The van der Waals surface area contributed by atoms with Crippen LogP contribution in [0.1, 0.15) is 27.2 Å². The minimum atomic E-state index is 0.417. The molecule has 1 aromatic heterocycles. The standard InChI is InChI=1S/C16H22N2O/c1-11(2)9-12(3)18-16-15-6-5-14(19-4)10-13(15)7-8-17-16/h5-8,10-12H,9H2,1-4H3,(H,17,18). The van der Waals surface area contributed by atoms with Gasteiger partial charge in [-0.25, -0.2) is 4.98 Å². The predicted octanol–water partition coefficient (Wildman–Crippen LogP) is 4.09. The van der Waals surface area contributed by atoms with Crippen molar-refractivity contribution in [2.45, 2.75) is 33.2 Å². The fraction of sp³-hybridized carbons (Fsp3) is 0.438. The van der Waals surface area contributed by atoms with Crippen molar-refractivity contribution in [3.8, 4) is 5.75 Å². The lowest BCUT2D eigenvalue weighted by molar-refractivity contribution is 0.415. The topological polar surface area (TPSA) is 34.1 Å². The second kappa shape index (κ2) is 5.91. The normalized spacial score (nSPS) is 12.7. The number of nitrogens with zero attached hydrogens (tertiary/aromatic N) is 1. The minimum absolute atomic E-state index is 0.417. The average molecular weight is 258 g/mol. The molecule has 0 saturated heterocycles. The fourth-order valence-corrected chi connectivity index (χ4v) is 2.40. The summed E-state index contributed by atoms with van der Waals surface area (Å²) in [4.78, 5) is 4.46. The number of rotatable bonds is 5. The number of nitrogens with one attached hydrogen (secondary N) is 1. The van der Waals surface area contributed by atoms with Gasteiger partial charge in [0, 0.05) is 17.6 Å². The predicted molar refractivity (Wildman–Crippen MR) is 80.8 cm³/mol. The highest BCUT2D eigenvalue weighted by Gasteiger charge is 2.08. The van der Waals surface area contributed by atoms with Gasteiger partial charge in [-0.15, -0.1) is 0 Å². The lowest BCUT2D eigenvalue weighted by Gasteiger charge is -2.17. The van der Waals surface area contributed by atoms with E-state index in [0.717, 1.165) is 28.8 Å². The number of benzene rings is 1. The van der Waals surface area contributed by atoms with Gasteiger partial charge in [-0.05, 0) is 48.9 Å². The summed E-state index contributed by atoms with van der Waals surface area (Å²) in [6.45, 7) is 6.67. The van der Waals surface area contributed by atoms with Gasteiger partial charge in [0.15, 0.2) is 0 Å². The second-order valence-electron chi connectivity index (χ2n) is 5.42. The van der Waals surface area contributed by atoms with Gasteiger partial charge in [-0.2, -0.15) is 0 Å². The molecule has 1 unspecified atom stereocenters. The molecule has 1 N–H and O–H groups in total. The molecular formula is C16H22N2O. The van der Waals surface area contributed by atoms with E-state index in [2.05, 4.69) is 37.1 Å². The Kier molecular flexibility index (Phi) is 4.25. The first kappa shape index (κ1) is 13.7. The van der Waals surface area contributed by atoms with Crippen molar-refractivity contribution in [3.63, 3.8) is 0 Å². The number of pyridine rings is 1. The lowest BCUT2D eigenvalue weighted by atomic mass is 10.0. The van der Waals surface area contributed by atoms with E-state index in [4.69, 9.17) is 4.74 Å². The number of aromatic nitrogens is 1. The van der Waals surface area contributed by atoms with Crippen molar-refractivity contribution in [2.75, 3.05) is 12.4 Å². The molecule has 3 nitrogen and oxygen atoms in total. The maximum atomic E-state index is 5.26. The highest BCUT2D eigenvalue weighted by molar-refractivity contribution is 5.92. The van der Waals surface area contributed by atoms with Crippen LogP contribution >= 0.6 is 0 Å². The van der Waals surface area contributed by atoms with Crippen molar-refractivity contribution in [1.82, 2.24) is 4.98 Å². The fourth-order valence-electron chi connectivity index (χ4n) is 2.40. The van der Waals surface area contributed by atoms with Crippen molar-refractivity contribution in [2.24, 2.45) is 5.92 Å². The molecule has 0 fully saturated rings. The monoisotopic (exact) mass is 258 g/mol. The molecule has 0 aliphatic carbocycles. The van der Waals surface area contributed by atoms with E-state index in [1.807, 2.05) is 24.4 Å². The molecule has 2 rings (SSSR count). The van der Waals surface area contributed by atoms with Gasteiger partial charge in [0.05, 0.1) is 7.11 Å². The third-order valence-electron chi connectivity index (χ3n) is 3.18. The van der Waals surface area contributed by atoms with E-state index in [0.29, 0.717) is 12.0 Å². The van der Waals surface area contributed by atoms with E-state index in [9.17, 15) is 0 Å². The molecule has 2 aromatic rings. The molecule has 19 heavy (non-hydrogen) atoms. The van der Waals surface area contributed by atoms with Crippen LogP contribution in [0.2, 0.25) is 0 Å².